The number of hydrogen-bond acceptors (Lipinski definition) is 12. The summed E-state index contributed by atoms with van der Waals surface area (Å²) in [6.45, 7) is 2.57. The lowest BCUT2D eigenvalue weighted by molar-refractivity contribution is -0.145. The Morgan fingerprint density at radius 1 is 0.983 bits per heavy atom. The highest BCUT2D eigenvalue weighted by molar-refractivity contribution is 7.22. The summed E-state index contributed by atoms with van der Waals surface area (Å²) < 4.78 is 45.4. The van der Waals surface area contributed by atoms with Crippen LogP contribution < -0.4 is 23.7 Å². The number of carbonyl (C=O) groups is 1. The van der Waals surface area contributed by atoms with Gasteiger partial charge < -0.3 is 33.7 Å². The zero-order chi connectivity index (χ0) is 41.9. The van der Waals surface area contributed by atoms with Gasteiger partial charge in [-0.2, -0.15) is 0 Å². The van der Waals surface area contributed by atoms with Crippen LogP contribution >= 0.6 is 22.9 Å². The lowest BCUT2D eigenvalue weighted by Crippen LogP contribution is -2.35. The molecule has 0 unspecified atom stereocenters. The molecule has 0 amide bonds. The number of halogens is 2. The first-order valence-electron chi connectivity index (χ1n) is 18.9. The SMILES string of the molecule is COc1ccccc1-c1nccc(COc2ccc3cc2C[C@H](C(=O)O)Oc2ncnc4sc(-c5ccc(F)cc5)c(c24)-c2ccc(c(Cl)c2C)O[C@H](CN(C)C)CO3)n1. The molecule has 2 aliphatic rings. The molecule has 5 heterocycles. The van der Waals surface area contributed by atoms with Gasteiger partial charge in [0.15, 0.2) is 5.82 Å². The Hall–Kier alpha value is -6.35. The summed E-state index contributed by atoms with van der Waals surface area (Å²) in [6, 6.07) is 24.3. The highest BCUT2D eigenvalue weighted by Crippen LogP contribution is 2.49. The molecule has 3 aromatic heterocycles. The summed E-state index contributed by atoms with van der Waals surface area (Å²) in [5, 5.41) is 11.6. The zero-order valence-electron chi connectivity index (χ0n) is 33.0. The number of likely N-dealkylation sites (N-methyl/N-ethyl adjacent to an activating group) is 1. The third-order valence-corrected chi connectivity index (χ3v) is 11.5. The number of hydrogen-bond donors (Lipinski definition) is 1. The van der Waals surface area contributed by atoms with E-state index in [9.17, 15) is 14.3 Å². The molecule has 0 fully saturated rings. The molecule has 306 valence electrons. The molecule has 0 radical (unpaired) electrons. The van der Waals surface area contributed by atoms with E-state index in [-0.39, 0.29) is 31.3 Å². The van der Waals surface area contributed by atoms with Crippen molar-refractivity contribution >= 4 is 39.1 Å². The van der Waals surface area contributed by atoms with Gasteiger partial charge in [-0.05, 0) is 92.3 Å². The van der Waals surface area contributed by atoms with Crippen LogP contribution in [0.25, 0.3) is 43.2 Å². The molecule has 0 aliphatic carbocycles. The van der Waals surface area contributed by atoms with Crippen molar-refractivity contribution in [3.63, 3.8) is 0 Å². The van der Waals surface area contributed by atoms with E-state index in [4.69, 9.17) is 40.3 Å². The Balaban J connectivity index is 1.23. The largest absolute Gasteiger partial charge is 0.496 e. The van der Waals surface area contributed by atoms with Crippen molar-refractivity contribution in [3.8, 4) is 61.8 Å². The Bertz CT molecular complexity index is 2700. The summed E-state index contributed by atoms with van der Waals surface area (Å²) in [7, 11) is 5.46. The maximum atomic E-state index is 14.2. The molecule has 0 saturated heterocycles. The molecule has 9 rings (SSSR count). The number of aromatic nitrogens is 4. The van der Waals surface area contributed by atoms with Crippen molar-refractivity contribution in [2.75, 3.05) is 34.4 Å². The number of ether oxygens (including phenoxy) is 5. The van der Waals surface area contributed by atoms with Crippen LogP contribution in [0.2, 0.25) is 5.02 Å². The van der Waals surface area contributed by atoms with Crippen molar-refractivity contribution < 1.29 is 38.0 Å². The first-order valence-corrected chi connectivity index (χ1v) is 20.1. The van der Waals surface area contributed by atoms with E-state index in [0.29, 0.717) is 73.0 Å². The Labute approximate surface area is 354 Å². The number of aliphatic carboxylic acids is 1. The molecule has 1 N–H and O–H groups in total. The molecular weight excluding hydrogens is 809 g/mol. The molecular formula is C45H39ClFN5O7S. The van der Waals surface area contributed by atoms with Gasteiger partial charge in [-0.1, -0.05) is 41.9 Å². The minimum Gasteiger partial charge on any atom is -0.496 e. The van der Waals surface area contributed by atoms with Crippen molar-refractivity contribution in [3.05, 3.63) is 125 Å². The van der Waals surface area contributed by atoms with Crippen molar-refractivity contribution in [1.29, 1.82) is 0 Å². The normalized spacial score (nSPS) is 15.2. The smallest absolute Gasteiger partial charge is 0.345 e. The first kappa shape index (κ1) is 40.4. The Morgan fingerprint density at radius 2 is 1.80 bits per heavy atom. The topological polar surface area (TPSA) is 138 Å². The van der Waals surface area contributed by atoms with Crippen LogP contribution in [-0.2, 0) is 17.8 Å². The van der Waals surface area contributed by atoms with Gasteiger partial charge in [0, 0.05) is 35.2 Å². The molecule has 4 bridgehead atoms. The van der Waals surface area contributed by atoms with Gasteiger partial charge in [-0.15, -0.1) is 11.3 Å². The van der Waals surface area contributed by atoms with Crippen LogP contribution in [-0.4, -0.2) is 82.5 Å². The Morgan fingerprint density at radius 3 is 2.58 bits per heavy atom. The number of para-hydroxylation sites is 1. The third-order valence-electron chi connectivity index (χ3n) is 9.88. The average Bonchev–Trinajstić information content (AvgIpc) is 3.64. The van der Waals surface area contributed by atoms with Gasteiger partial charge in [0.2, 0.25) is 12.0 Å². The molecule has 0 spiro atoms. The first-order chi connectivity index (χ1) is 29.1. The zero-order valence-corrected chi connectivity index (χ0v) is 34.6. The fraction of sp³-hybridized carbons (Fsp3) is 0.222. The standard InChI is InChI=1S/C45H39ClFN5O7S/c1-25-32-14-16-36(40(25)46)58-31(21-52(2)3)23-56-30-13-15-34(57-22-29-17-18-48-42(51-29)33-7-5-6-8-35(33)55-4)27(19-30)20-37(45(53)54)59-43-39-38(32)41(60-44(39)50-24-49-43)26-9-11-28(47)12-10-26/h5-19,24,31,37H,20-23H2,1-4H3,(H,53,54)/t31-,37-/m1/s1. The maximum Gasteiger partial charge on any atom is 0.345 e. The van der Waals surface area contributed by atoms with Gasteiger partial charge in [0.05, 0.1) is 28.8 Å². The molecule has 2 aliphatic heterocycles. The van der Waals surface area contributed by atoms with Gasteiger partial charge in [-0.25, -0.2) is 29.1 Å². The summed E-state index contributed by atoms with van der Waals surface area (Å²) in [4.78, 5) is 34.7. The molecule has 12 nitrogen and oxygen atoms in total. The highest BCUT2D eigenvalue weighted by Gasteiger charge is 2.29. The lowest BCUT2D eigenvalue weighted by atomic mass is 9.96. The fourth-order valence-electron chi connectivity index (χ4n) is 7.03. The molecule has 7 aromatic rings. The van der Waals surface area contributed by atoms with E-state index in [1.54, 1.807) is 55.8 Å². The predicted molar refractivity (Wildman–Crippen MR) is 227 cm³/mol. The Kier molecular flexibility index (Phi) is 11.8. The van der Waals surface area contributed by atoms with Crippen LogP contribution in [0, 0.1) is 12.7 Å². The second-order valence-electron chi connectivity index (χ2n) is 14.3. The van der Waals surface area contributed by atoms with Gasteiger partial charge in [0.1, 0.15) is 59.3 Å². The van der Waals surface area contributed by atoms with Crippen molar-refractivity contribution in [2.24, 2.45) is 0 Å². The molecule has 15 heteroatoms. The number of fused-ring (bicyclic) bond motifs is 7. The quantitative estimate of drug-likeness (QED) is 0.148. The van der Waals surface area contributed by atoms with Gasteiger partial charge >= 0.3 is 5.97 Å². The second kappa shape index (κ2) is 17.5. The minimum absolute atomic E-state index is 0.0451. The monoisotopic (exact) mass is 847 g/mol. The second-order valence-corrected chi connectivity index (χ2v) is 15.7. The van der Waals surface area contributed by atoms with Crippen LogP contribution in [0.15, 0.2) is 97.5 Å². The number of carboxylic acids is 1. The van der Waals surface area contributed by atoms with E-state index in [0.717, 1.165) is 21.6 Å². The number of nitrogens with zero attached hydrogens (tertiary/aromatic N) is 5. The fourth-order valence-corrected chi connectivity index (χ4v) is 8.39. The number of rotatable bonds is 9. The summed E-state index contributed by atoms with van der Waals surface area (Å²) >= 11 is 8.46. The molecule has 4 aromatic carbocycles. The van der Waals surface area contributed by atoms with Gasteiger partial charge in [-0.3, -0.25) is 0 Å². The maximum absolute atomic E-state index is 14.2. The lowest BCUT2D eigenvalue weighted by Gasteiger charge is -2.24. The van der Waals surface area contributed by atoms with E-state index in [1.165, 1.54) is 29.8 Å². The number of methoxy groups -OCH3 is 1. The molecule has 2 atom stereocenters. The van der Waals surface area contributed by atoms with Gasteiger partial charge in [0.25, 0.3) is 0 Å². The average molecular weight is 848 g/mol. The van der Waals surface area contributed by atoms with Crippen molar-refractivity contribution in [2.45, 2.75) is 32.2 Å². The van der Waals surface area contributed by atoms with Crippen LogP contribution in [0.5, 0.6) is 28.9 Å². The third kappa shape index (κ3) is 8.53. The minimum atomic E-state index is -1.44. The summed E-state index contributed by atoms with van der Waals surface area (Å²) in [5.74, 6) is 0.860. The molecule has 0 saturated carbocycles. The number of carboxylic acid groups (broad SMARTS) is 1. The summed E-state index contributed by atoms with van der Waals surface area (Å²) in [5.41, 5.74) is 4.61. The predicted octanol–water partition coefficient (Wildman–Crippen LogP) is 8.95. The van der Waals surface area contributed by atoms with E-state index in [1.807, 2.05) is 56.3 Å². The number of thiophene rings is 1. The highest BCUT2D eigenvalue weighted by atomic mass is 35.5. The van der Waals surface area contributed by atoms with E-state index < -0.39 is 18.2 Å². The van der Waals surface area contributed by atoms with E-state index in [2.05, 4.69) is 15.0 Å². The van der Waals surface area contributed by atoms with Crippen molar-refractivity contribution in [1.82, 2.24) is 24.8 Å². The van der Waals surface area contributed by atoms with Crippen LogP contribution in [0.4, 0.5) is 4.39 Å². The molecule has 60 heavy (non-hydrogen) atoms. The van der Waals surface area contributed by atoms with Crippen LogP contribution in [0.3, 0.4) is 0 Å². The summed E-state index contributed by atoms with van der Waals surface area (Å²) in [6.07, 6.45) is 0.949. The van der Waals surface area contributed by atoms with Crippen LogP contribution in [0.1, 0.15) is 16.8 Å². The van der Waals surface area contributed by atoms with E-state index >= 15 is 0 Å². The number of benzene rings is 4.